The van der Waals surface area contributed by atoms with Crippen LogP contribution in [0.5, 0.6) is 17.6 Å². The molecule has 1 aliphatic carbocycles. The highest BCUT2D eigenvalue weighted by molar-refractivity contribution is 6.36. The minimum Gasteiger partial charge on any atom is -0.481 e. The van der Waals surface area contributed by atoms with Crippen LogP contribution in [0.3, 0.4) is 0 Å². The zero-order valence-electron chi connectivity index (χ0n) is 30.2. The highest BCUT2D eigenvalue weighted by Gasteiger charge is 2.39. The van der Waals surface area contributed by atoms with E-state index in [1.165, 1.54) is 21.0 Å². The maximum atomic E-state index is 14.4. The van der Waals surface area contributed by atoms with Crippen molar-refractivity contribution in [3.05, 3.63) is 87.4 Å². The molecular formula is C39H41ClF3N5O6. The summed E-state index contributed by atoms with van der Waals surface area (Å²) in [6.07, 6.45) is -3.33. The molecule has 0 unspecified atom stereocenters. The zero-order valence-corrected chi connectivity index (χ0v) is 31.0. The van der Waals surface area contributed by atoms with E-state index in [4.69, 9.17) is 30.8 Å². The fourth-order valence-corrected chi connectivity index (χ4v) is 7.04. The van der Waals surface area contributed by atoms with Crippen LogP contribution in [0.25, 0.3) is 22.4 Å². The van der Waals surface area contributed by atoms with E-state index in [9.17, 15) is 27.9 Å². The lowest BCUT2D eigenvalue weighted by Gasteiger charge is -2.23. The van der Waals surface area contributed by atoms with Crippen molar-refractivity contribution in [1.82, 2.24) is 25.9 Å². The summed E-state index contributed by atoms with van der Waals surface area (Å²) in [4.78, 5) is 32.0. The number of halogens is 4. The van der Waals surface area contributed by atoms with E-state index in [-0.39, 0.29) is 29.9 Å². The maximum Gasteiger partial charge on any atom is 0.421 e. The molecule has 2 aromatic heterocycles. The van der Waals surface area contributed by atoms with Gasteiger partial charge in [0.15, 0.2) is 0 Å². The van der Waals surface area contributed by atoms with Gasteiger partial charge in [-0.15, -0.1) is 0 Å². The third-order valence-corrected chi connectivity index (χ3v) is 10.1. The van der Waals surface area contributed by atoms with Crippen molar-refractivity contribution in [3.8, 4) is 40.0 Å². The number of methoxy groups -OCH3 is 2. The fraction of sp³-hybridized carbons (Fsp3) is 0.385. The van der Waals surface area contributed by atoms with Gasteiger partial charge in [-0.2, -0.15) is 18.2 Å². The van der Waals surface area contributed by atoms with Crippen LogP contribution in [0.2, 0.25) is 5.02 Å². The van der Waals surface area contributed by atoms with Crippen LogP contribution >= 0.6 is 11.6 Å². The summed E-state index contributed by atoms with van der Waals surface area (Å²) in [7, 11) is 2.83. The number of benzene rings is 2. The molecule has 11 nitrogen and oxygen atoms in total. The van der Waals surface area contributed by atoms with Crippen molar-refractivity contribution < 1.29 is 42.1 Å². The predicted octanol–water partition coefficient (Wildman–Crippen LogP) is 6.89. The van der Waals surface area contributed by atoms with Gasteiger partial charge >= 0.3 is 12.1 Å². The molecule has 2 atom stereocenters. The molecule has 0 saturated carbocycles. The lowest BCUT2D eigenvalue weighted by molar-refractivity contribution is -0.143. The quantitative estimate of drug-likeness (QED) is 0.107. The fourth-order valence-electron chi connectivity index (χ4n) is 6.72. The highest BCUT2D eigenvalue weighted by Crippen LogP contribution is 2.46. The van der Waals surface area contributed by atoms with Gasteiger partial charge in [0, 0.05) is 54.4 Å². The number of fused-ring (bicyclic) bond motifs is 1. The third kappa shape index (κ3) is 8.25. The summed E-state index contributed by atoms with van der Waals surface area (Å²) in [5, 5.41) is 18.9. The van der Waals surface area contributed by atoms with E-state index in [1.54, 1.807) is 7.11 Å². The molecule has 0 spiro atoms. The first kappa shape index (κ1) is 38.8. The molecule has 4 N–H and O–H groups in total. The predicted molar refractivity (Wildman–Crippen MR) is 196 cm³/mol. The van der Waals surface area contributed by atoms with Gasteiger partial charge in [-0.25, -0.2) is 4.98 Å². The molecule has 3 heterocycles. The van der Waals surface area contributed by atoms with E-state index in [0.717, 1.165) is 34.7 Å². The molecule has 1 fully saturated rings. The first-order chi connectivity index (χ1) is 25.7. The average molecular weight is 768 g/mol. The molecule has 54 heavy (non-hydrogen) atoms. The molecule has 0 bridgehead atoms. The summed E-state index contributed by atoms with van der Waals surface area (Å²) < 4.78 is 60.3. The van der Waals surface area contributed by atoms with E-state index in [1.807, 2.05) is 48.5 Å². The number of aromatic nitrogens is 2. The smallest absolute Gasteiger partial charge is 0.421 e. The number of carboxylic acids is 1. The Hall–Kier alpha value is -4.92. The van der Waals surface area contributed by atoms with Crippen LogP contribution in [0.4, 0.5) is 13.2 Å². The minimum atomic E-state index is -4.82. The SMILES string of the molecule is COc1nc(-c2cccc(-c3cccc4c3CC[C@@H]4Oc3nc(OC)c(CNC(C)(C)C(=O)O)cc3C(F)(F)F)c2Cl)ccc1CNC[C@@H]1CCC(=O)N1. The second-order valence-corrected chi connectivity index (χ2v) is 14.2. The number of nitrogens with zero attached hydrogens (tertiary/aromatic N) is 2. The summed E-state index contributed by atoms with van der Waals surface area (Å²) in [5.74, 6) is -1.41. The van der Waals surface area contributed by atoms with Gasteiger partial charge in [0.25, 0.3) is 0 Å². The largest absolute Gasteiger partial charge is 0.481 e. The molecule has 0 radical (unpaired) electrons. The number of ether oxygens (including phenoxy) is 3. The second kappa shape index (κ2) is 15.8. The van der Waals surface area contributed by atoms with Crippen LogP contribution in [0.15, 0.2) is 54.6 Å². The van der Waals surface area contributed by atoms with Crippen LogP contribution in [-0.4, -0.2) is 59.3 Å². The number of carboxylic acid groups (broad SMARTS) is 1. The number of hydrogen-bond acceptors (Lipinski definition) is 9. The third-order valence-electron chi connectivity index (χ3n) is 9.74. The number of amides is 1. The van der Waals surface area contributed by atoms with E-state index in [0.29, 0.717) is 60.1 Å². The molecule has 2 aliphatic rings. The van der Waals surface area contributed by atoms with Crippen LogP contribution < -0.4 is 30.2 Å². The van der Waals surface area contributed by atoms with Gasteiger partial charge < -0.3 is 30.0 Å². The molecule has 4 aromatic rings. The monoisotopic (exact) mass is 767 g/mol. The number of nitrogens with one attached hydrogen (secondary N) is 3. The molecule has 6 rings (SSSR count). The number of rotatable bonds is 14. The first-order valence-electron chi connectivity index (χ1n) is 17.4. The van der Waals surface area contributed by atoms with E-state index in [2.05, 4.69) is 20.9 Å². The van der Waals surface area contributed by atoms with Gasteiger partial charge in [-0.1, -0.05) is 54.1 Å². The van der Waals surface area contributed by atoms with Gasteiger partial charge in [-0.05, 0) is 61.9 Å². The number of aliphatic carboxylic acids is 1. The number of carbonyl (C=O) groups excluding carboxylic acids is 1. The Kier molecular flexibility index (Phi) is 11.4. The van der Waals surface area contributed by atoms with Gasteiger partial charge in [0.1, 0.15) is 17.2 Å². The van der Waals surface area contributed by atoms with Crippen molar-refractivity contribution in [2.75, 3.05) is 20.8 Å². The molecule has 15 heteroatoms. The topological polar surface area (TPSA) is 144 Å². The van der Waals surface area contributed by atoms with E-state index < -0.39 is 35.2 Å². The van der Waals surface area contributed by atoms with Crippen LogP contribution in [0, 0.1) is 0 Å². The number of hydrogen-bond donors (Lipinski definition) is 4. The normalized spacial score (nSPS) is 16.9. The Morgan fingerprint density at radius 1 is 0.926 bits per heavy atom. The summed E-state index contributed by atoms with van der Waals surface area (Å²) in [5.41, 5.74) is 2.81. The maximum absolute atomic E-state index is 14.4. The number of pyridine rings is 2. The molecule has 1 saturated heterocycles. The van der Waals surface area contributed by atoms with Gasteiger partial charge in [-0.3, -0.25) is 14.9 Å². The summed E-state index contributed by atoms with van der Waals surface area (Å²) >= 11 is 7.09. The number of alkyl halides is 3. The molecule has 286 valence electrons. The minimum absolute atomic E-state index is 0.0316. The second-order valence-electron chi connectivity index (χ2n) is 13.8. The van der Waals surface area contributed by atoms with Crippen LogP contribution in [-0.2, 0) is 35.3 Å². The average Bonchev–Trinajstić information content (AvgIpc) is 3.75. The zero-order chi connectivity index (χ0) is 38.8. The molecule has 1 aliphatic heterocycles. The van der Waals surface area contributed by atoms with Crippen molar-refractivity contribution in [3.63, 3.8) is 0 Å². The van der Waals surface area contributed by atoms with Crippen molar-refractivity contribution >= 4 is 23.5 Å². The molecular weight excluding hydrogens is 727 g/mol. The first-order valence-corrected chi connectivity index (χ1v) is 17.8. The van der Waals surface area contributed by atoms with Crippen molar-refractivity contribution in [1.29, 1.82) is 0 Å². The Morgan fingerprint density at radius 3 is 2.31 bits per heavy atom. The Balaban J connectivity index is 1.25. The molecule has 2 aromatic carbocycles. The lowest BCUT2D eigenvalue weighted by Crippen LogP contribution is -2.46. The van der Waals surface area contributed by atoms with Gasteiger partial charge in [0.2, 0.25) is 23.5 Å². The van der Waals surface area contributed by atoms with Crippen LogP contribution in [0.1, 0.15) is 67.0 Å². The summed E-state index contributed by atoms with van der Waals surface area (Å²) in [6, 6.07) is 16.0. The Bertz CT molecular complexity index is 2060. The Labute approximate surface area is 315 Å². The molecule has 1 amide bonds. The standard InChI is InChI=1S/C39H41ClF3N5O6/c1-38(2,37(50)51)45-19-22-17-29(39(41,42)43)36(48-35(22)53-4)54-31-15-13-25-24(7-5-8-26(25)31)27-9-6-10-28(33(27)40)30-14-11-21(34(47-30)52-3)18-44-20-23-12-16-32(49)46-23/h5-11,14,17,23,31,44-45H,12-13,15-16,18-20H2,1-4H3,(H,46,49)(H,50,51)/t23-,31-/m0/s1. The van der Waals surface area contributed by atoms with Crippen molar-refractivity contribution in [2.45, 2.75) is 76.5 Å². The highest BCUT2D eigenvalue weighted by atomic mass is 35.5. The lowest BCUT2D eigenvalue weighted by atomic mass is 9.94. The Morgan fingerprint density at radius 2 is 1.63 bits per heavy atom. The van der Waals surface area contributed by atoms with Crippen molar-refractivity contribution in [2.24, 2.45) is 0 Å². The van der Waals surface area contributed by atoms with Gasteiger partial charge in [0.05, 0.1) is 24.9 Å². The van der Waals surface area contributed by atoms with E-state index >= 15 is 0 Å². The summed E-state index contributed by atoms with van der Waals surface area (Å²) in [6.45, 7) is 3.69. The number of carbonyl (C=O) groups is 2.